The number of hydrogen-bond donors (Lipinski definition) is 1. The number of carbonyl (C=O) groups is 1. The summed E-state index contributed by atoms with van der Waals surface area (Å²) in [5, 5.41) is 8.96. The average molecular weight is 387 g/mol. The summed E-state index contributed by atoms with van der Waals surface area (Å²) in [6.07, 6.45) is 5.93. The van der Waals surface area contributed by atoms with E-state index in [4.69, 9.17) is 5.10 Å². The summed E-state index contributed by atoms with van der Waals surface area (Å²) in [5.74, 6) is -0.0875. The van der Waals surface area contributed by atoms with Crippen LogP contribution in [0.5, 0.6) is 0 Å². The van der Waals surface area contributed by atoms with Gasteiger partial charge in [-0.05, 0) is 45.0 Å². The van der Waals surface area contributed by atoms with Gasteiger partial charge in [0.1, 0.15) is 5.69 Å². The first kappa shape index (κ1) is 19.1. The Morgan fingerprint density at radius 2 is 1.83 bits per heavy atom. The summed E-state index contributed by atoms with van der Waals surface area (Å²) in [6.45, 7) is 4.42. The maximum absolute atomic E-state index is 12.1. The van der Waals surface area contributed by atoms with Gasteiger partial charge in [-0.15, -0.1) is 0 Å². The normalized spacial score (nSPS) is 14.5. The van der Waals surface area contributed by atoms with E-state index in [9.17, 15) is 4.79 Å². The molecule has 1 amide bonds. The molecule has 6 heteroatoms. The van der Waals surface area contributed by atoms with Crippen LogP contribution in [0.4, 0.5) is 0 Å². The molecule has 148 valence electrons. The van der Waals surface area contributed by atoms with Crippen LogP contribution in [0.2, 0.25) is 0 Å². The number of likely N-dealkylation sites (tertiary alicyclic amines) is 1. The zero-order valence-corrected chi connectivity index (χ0v) is 16.6. The van der Waals surface area contributed by atoms with Crippen LogP contribution < -0.4 is 5.43 Å². The third-order valence-corrected chi connectivity index (χ3v) is 5.05. The lowest BCUT2D eigenvalue weighted by Crippen LogP contribution is -2.33. The van der Waals surface area contributed by atoms with Crippen molar-refractivity contribution in [2.45, 2.75) is 19.8 Å². The molecule has 1 aliphatic rings. The van der Waals surface area contributed by atoms with Gasteiger partial charge < -0.3 is 0 Å². The first-order valence-corrected chi connectivity index (χ1v) is 9.95. The molecule has 0 radical (unpaired) electrons. The van der Waals surface area contributed by atoms with Gasteiger partial charge in [-0.1, -0.05) is 48.0 Å². The van der Waals surface area contributed by atoms with E-state index >= 15 is 0 Å². The smallest absolute Gasteiger partial charge is 0.254 e. The van der Waals surface area contributed by atoms with Crippen molar-refractivity contribution in [1.82, 2.24) is 20.1 Å². The van der Waals surface area contributed by atoms with Crippen molar-refractivity contribution in [2.75, 3.05) is 19.6 Å². The minimum Gasteiger partial charge on any atom is -0.294 e. The van der Waals surface area contributed by atoms with Crippen LogP contribution in [0.3, 0.4) is 0 Å². The van der Waals surface area contributed by atoms with Gasteiger partial charge in [0.15, 0.2) is 0 Å². The molecule has 1 N–H and O–H groups in total. The van der Waals surface area contributed by atoms with Gasteiger partial charge in [0, 0.05) is 17.3 Å². The molecule has 0 bridgehead atoms. The maximum atomic E-state index is 12.1. The van der Waals surface area contributed by atoms with E-state index in [-0.39, 0.29) is 5.91 Å². The highest BCUT2D eigenvalue weighted by Crippen LogP contribution is 2.23. The van der Waals surface area contributed by atoms with Gasteiger partial charge in [0.05, 0.1) is 18.4 Å². The van der Waals surface area contributed by atoms with Crippen molar-refractivity contribution in [1.29, 1.82) is 0 Å². The van der Waals surface area contributed by atoms with Crippen molar-refractivity contribution in [3.8, 4) is 16.9 Å². The molecule has 0 spiro atoms. The summed E-state index contributed by atoms with van der Waals surface area (Å²) in [4.78, 5) is 14.3. The molecule has 2 aromatic carbocycles. The van der Waals surface area contributed by atoms with Crippen LogP contribution in [-0.2, 0) is 4.79 Å². The Morgan fingerprint density at radius 3 is 2.55 bits per heavy atom. The zero-order valence-electron chi connectivity index (χ0n) is 16.6. The summed E-state index contributed by atoms with van der Waals surface area (Å²) >= 11 is 0. The molecule has 1 saturated heterocycles. The number of amides is 1. The molecule has 4 rings (SSSR count). The number of rotatable bonds is 6. The zero-order chi connectivity index (χ0) is 20.1. The van der Waals surface area contributed by atoms with Gasteiger partial charge in [-0.2, -0.15) is 10.2 Å². The molecule has 0 aliphatic carbocycles. The molecule has 3 aromatic rings. The van der Waals surface area contributed by atoms with Gasteiger partial charge in [0.2, 0.25) is 0 Å². The molecule has 0 unspecified atom stereocenters. The monoisotopic (exact) mass is 387 g/mol. The third kappa shape index (κ3) is 4.78. The minimum absolute atomic E-state index is 0.0875. The standard InChI is InChI=1S/C23H25N5O/c1-18-9-11-19(12-10-18)23-20(16-28(26-23)21-7-3-2-4-8-21)15-24-25-22(29)17-27-13-5-6-14-27/h2-4,7-12,15-16H,5-6,13-14,17H2,1H3,(H,25,29)/b24-15-. The Kier molecular flexibility index (Phi) is 5.81. The summed E-state index contributed by atoms with van der Waals surface area (Å²) in [6, 6.07) is 18.2. The predicted molar refractivity (Wildman–Crippen MR) is 115 cm³/mol. The average Bonchev–Trinajstić information content (AvgIpc) is 3.39. The third-order valence-electron chi connectivity index (χ3n) is 5.05. The van der Waals surface area contributed by atoms with Crippen molar-refractivity contribution in [2.24, 2.45) is 5.10 Å². The number of para-hydroxylation sites is 1. The lowest BCUT2D eigenvalue weighted by Gasteiger charge is -2.12. The number of aryl methyl sites for hydroxylation is 1. The Labute approximate surface area is 170 Å². The van der Waals surface area contributed by atoms with Crippen LogP contribution in [0.1, 0.15) is 24.0 Å². The second kappa shape index (κ2) is 8.84. The van der Waals surface area contributed by atoms with Crippen LogP contribution in [0, 0.1) is 6.92 Å². The van der Waals surface area contributed by atoms with Gasteiger partial charge in [-0.3, -0.25) is 9.69 Å². The molecule has 1 aliphatic heterocycles. The van der Waals surface area contributed by atoms with Crippen LogP contribution in [-0.4, -0.2) is 46.4 Å². The molecule has 0 atom stereocenters. The SMILES string of the molecule is Cc1ccc(-c2nn(-c3ccccc3)cc2/C=N\NC(=O)CN2CCCC2)cc1. The first-order chi connectivity index (χ1) is 14.2. The molecular formula is C23H25N5O. The Balaban J connectivity index is 1.56. The quantitative estimate of drug-likeness (QED) is 0.521. The number of nitrogens with one attached hydrogen (secondary N) is 1. The summed E-state index contributed by atoms with van der Waals surface area (Å²) in [7, 11) is 0. The van der Waals surface area contributed by atoms with E-state index in [1.165, 1.54) is 5.56 Å². The Morgan fingerprint density at radius 1 is 1.10 bits per heavy atom. The van der Waals surface area contributed by atoms with Crippen molar-refractivity contribution < 1.29 is 4.79 Å². The molecule has 29 heavy (non-hydrogen) atoms. The van der Waals surface area contributed by atoms with E-state index < -0.39 is 0 Å². The maximum Gasteiger partial charge on any atom is 0.254 e. The Bertz CT molecular complexity index is 986. The fourth-order valence-electron chi connectivity index (χ4n) is 3.48. The van der Waals surface area contributed by atoms with Crippen LogP contribution in [0.25, 0.3) is 16.9 Å². The first-order valence-electron chi connectivity index (χ1n) is 9.95. The summed E-state index contributed by atoms with van der Waals surface area (Å²) < 4.78 is 1.84. The number of carbonyl (C=O) groups excluding carboxylic acids is 1. The lowest BCUT2D eigenvalue weighted by molar-refractivity contribution is -0.121. The number of nitrogens with zero attached hydrogens (tertiary/aromatic N) is 4. The van der Waals surface area contributed by atoms with Gasteiger partial charge >= 0.3 is 0 Å². The Hall–Kier alpha value is -3.25. The van der Waals surface area contributed by atoms with Crippen molar-refractivity contribution in [3.63, 3.8) is 0 Å². The molecule has 6 nitrogen and oxygen atoms in total. The van der Waals surface area contributed by atoms with Crippen molar-refractivity contribution >= 4 is 12.1 Å². The second-order valence-corrected chi connectivity index (χ2v) is 7.36. The predicted octanol–water partition coefficient (Wildman–Crippen LogP) is 3.39. The molecular weight excluding hydrogens is 362 g/mol. The number of hydrogen-bond acceptors (Lipinski definition) is 4. The molecule has 0 saturated carbocycles. The molecule has 2 heterocycles. The lowest BCUT2D eigenvalue weighted by atomic mass is 10.1. The molecule has 1 aromatic heterocycles. The van der Waals surface area contributed by atoms with Gasteiger partial charge in [-0.25, -0.2) is 10.1 Å². The van der Waals surface area contributed by atoms with E-state index in [1.807, 2.05) is 41.2 Å². The summed E-state index contributed by atoms with van der Waals surface area (Å²) in [5.41, 5.74) is 7.49. The number of benzene rings is 2. The largest absolute Gasteiger partial charge is 0.294 e. The highest BCUT2D eigenvalue weighted by Gasteiger charge is 2.15. The minimum atomic E-state index is -0.0875. The van der Waals surface area contributed by atoms with Crippen molar-refractivity contribution in [3.05, 3.63) is 71.9 Å². The second-order valence-electron chi connectivity index (χ2n) is 7.36. The highest BCUT2D eigenvalue weighted by atomic mass is 16.2. The fraction of sp³-hybridized carbons (Fsp3) is 0.261. The number of aromatic nitrogens is 2. The van der Waals surface area contributed by atoms with E-state index in [1.54, 1.807) is 6.21 Å². The van der Waals surface area contributed by atoms with Gasteiger partial charge in [0.25, 0.3) is 5.91 Å². The van der Waals surface area contributed by atoms with E-state index in [2.05, 4.69) is 46.6 Å². The van der Waals surface area contributed by atoms with Crippen LogP contribution in [0.15, 0.2) is 65.9 Å². The fourth-order valence-corrected chi connectivity index (χ4v) is 3.48. The highest BCUT2D eigenvalue weighted by molar-refractivity contribution is 5.89. The van der Waals surface area contributed by atoms with E-state index in [0.29, 0.717) is 6.54 Å². The number of hydrazone groups is 1. The molecule has 1 fully saturated rings. The topological polar surface area (TPSA) is 62.5 Å². The van der Waals surface area contributed by atoms with E-state index in [0.717, 1.165) is 48.4 Å². The van der Waals surface area contributed by atoms with Crippen LogP contribution >= 0.6 is 0 Å².